The quantitative estimate of drug-likeness (QED) is 0.645. The van der Waals surface area contributed by atoms with Gasteiger partial charge in [0.15, 0.2) is 0 Å². The number of piperidine rings is 1. The van der Waals surface area contributed by atoms with E-state index in [-0.39, 0.29) is 0 Å². The highest BCUT2D eigenvalue weighted by atomic mass is 16.5. The van der Waals surface area contributed by atoms with Crippen LogP contribution in [0.3, 0.4) is 0 Å². The van der Waals surface area contributed by atoms with E-state index in [9.17, 15) is 0 Å². The normalized spacial score (nSPS) is 19.1. The second-order valence-corrected chi connectivity index (χ2v) is 4.86. The molecule has 0 atom stereocenters. The van der Waals surface area contributed by atoms with Gasteiger partial charge in [0.2, 0.25) is 0 Å². The molecular formula is C13H28N2O. The van der Waals surface area contributed by atoms with Crippen molar-refractivity contribution in [1.29, 1.82) is 0 Å². The topological polar surface area (TPSA) is 38.5 Å². The van der Waals surface area contributed by atoms with Gasteiger partial charge in [0.05, 0.1) is 0 Å². The van der Waals surface area contributed by atoms with E-state index in [0.717, 1.165) is 32.1 Å². The van der Waals surface area contributed by atoms with Crippen molar-refractivity contribution >= 4 is 0 Å². The van der Waals surface area contributed by atoms with Crippen LogP contribution >= 0.6 is 0 Å². The lowest BCUT2D eigenvalue weighted by Crippen LogP contribution is -2.35. The van der Waals surface area contributed by atoms with E-state index in [1.807, 2.05) is 0 Å². The van der Waals surface area contributed by atoms with Crippen molar-refractivity contribution in [2.75, 3.05) is 39.4 Å². The third kappa shape index (κ3) is 5.83. The SMILES string of the molecule is CCCCN1CCC(COCCCN)CC1. The monoisotopic (exact) mass is 228 g/mol. The Morgan fingerprint density at radius 2 is 2.00 bits per heavy atom. The van der Waals surface area contributed by atoms with Crippen LogP contribution in [0.2, 0.25) is 0 Å². The minimum atomic E-state index is 0.745. The Kier molecular flexibility index (Phi) is 7.81. The van der Waals surface area contributed by atoms with Crippen LogP contribution in [-0.4, -0.2) is 44.3 Å². The van der Waals surface area contributed by atoms with Gasteiger partial charge in [-0.25, -0.2) is 0 Å². The number of hydrogen-bond acceptors (Lipinski definition) is 3. The molecule has 0 bridgehead atoms. The molecule has 0 radical (unpaired) electrons. The Balaban J connectivity index is 1.98. The maximum absolute atomic E-state index is 5.63. The highest BCUT2D eigenvalue weighted by Gasteiger charge is 2.18. The summed E-state index contributed by atoms with van der Waals surface area (Å²) < 4.78 is 5.63. The molecule has 1 aliphatic heterocycles. The van der Waals surface area contributed by atoms with Gasteiger partial charge in [-0.3, -0.25) is 0 Å². The van der Waals surface area contributed by atoms with E-state index < -0.39 is 0 Å². The largest absolute Gasteiger partial charge is 0.381 e. The summed E-state index contributed by atoms with van der Waals surface area (Å²) >= 11 is 0. The van der Waals surface area contributed by atoms with Crippen molar-refractivity contribution < 1.29 is 4.74 Å². The summed E-state index contributed by atoms with van der Waals surface area (Å²) in [6.07, 6.45) is 6.27. The van der Waals surface area contributed by atoms with E-state index in [1.54, 1.807) is 0 Å². The number of likely N-dealkylation sites (tertiary alicyclic amines) is 1. The number of nitrogens with zero attached hydrogens (tertiary/aromatic N) is 1. The Morgan fingerprint density at radius 3 is 2.62 bits per heavy atom. The van der Waals surface area contributed by atoms with E-state index >= 15 is 0 Å². The maximum Gasteiger partial charge on any atom is 0.0495 e. The van der Waals surface area contributed by atoms with Crippen LogP contribution in [0.1, 0.15) is 39.0 Å². The van der Waals surface area contributed by atoms with Gasteiger partial charge < -0.3 is 15.4 Å². The lowest BCUT2D eigenvalue weighted by molar-refractivity contribution is 0.0663. The Bertz CT molecular complexity index is 156. The van der Waals surface area contributed by atoms with Crippen molar-refractivity contribution in [3.8, 4) is 0 Å². The Morgan fingerprint density at radius 1 is 1.25 bits per heavy atom. The van der Waals surface area contributed by atoms with Crippen molar-refractivity contribution in [2.45, 2.75) is 39.0 Å². The summed E-state index contributed by atoms with van der Waals surface area (Å²) in [5.74, 6) is 0.788. The summed E-state index contributed by atoms with van der Waals surface area (Å²) in [5, 5.41) is 0. The first-order valence-corrected chi connectivity index (χ1v) is 6.87. The highest BCUT2D eigenvalue weighted by Crippen LogP contribution is 2.17. The molecule has 0 saturated carbocycles. The Hall–Kier alpha value is -0.120. The van der Waals surface area contributed by atoms with Crippen LogP contribution in [0.4, 0.5) is 0 Å². The standard InChI is InChI=1S/C13H28N2O/c1-2-3-8-15-9-5-13(6-10-15)12-16-11-4-7-14/h13H,2-12,14H2,1H3. The van der Waals surface area contributed by atoms with Crippen LogP contribution in [0, 0.1) is 5.92 Å². The molecule has 0 aromatic carbocycles. The minimum Gasteiger partial charge on any atom is -0.381 e. The zero-order chi connectivity index (χ0) is 11.6. The first kappa shape index (κ1) is 13.9. The number of rotatable bonds is 8. The fraction of sp³-hybridized carbons (Fsp3) is 1.00. The third-order valence-electron chi connectivity index (χ3n) is 3.38. The third-order valence-corrected chi connectivity index (χ3v) is 3.38. The van der Waals surface area contributed by atoms with Gasteiger partial charge in [0.1, 0.15) is 0 Å². The van der Waals surface area contributed by atoms with E-state index in [4.69, 9.17) is 10.5 Å². The summed E-state index contributed by atoms with van der Waals surface area (Å²) in [7, 11) is 0. The van der Waals surface area contributed by atoms with Gasteiger partial charge in [-0.15, -0.1) is 0 Å². The van der Waals surface area contributed by atoms with Crippen LogP contribution in [0.25, 0.3) is 0 Å². The predicted molar refractivity (Wildman–Crippen MR) is 68.6 cm³/mol. The van der Waals surface area contributed by atoms with Gasteiger partial charge in [-0.2, -0.15) is 0 Å². The molecule has 0 amide bonds. The van der Waals surface area contributed by atoms with E-state index in [0.29, 0.717) is 0 Å². The number of unbranched alkanes of at least 4 members (excludes halogenated alkanes) is 1. The molecule has 0 unspecified atom stereocenters. The van der Waals surface area contributed by atoms with Gasteiger partial charge >= 0.3 is 0 Å². The molecule has 96 valence electrons. The summed E-state index contributed by atoms with van der Waals surface area (Å²) in [4.78, 5) is 2.60. The molecule has 1 rings (SSSR count). The number of hydrogen-bond donors (Lipinski definition) is 1. The molecule has 1 heterocycles. The number of nitrogens with two attached hydrogens (primary N) is 1. The maximum atomic E-state index is 5.63. The molecule has 1 aliphatic rings. The molecule has 0 spiro atoms. The second kappa shape index (κ2) is 8.97. The van der Waals surface area contributed by atoms with Crippen LogP contribution in [0.5, 0.6) is 0 Å². The van der Waals surface area contributed by atoms with Crippen molar-refractivity contribution in [3.63, 3.8) is 0 Å². The first-order valence-electron chi connectivity index (χ1n) is 6.87. The summed E-state index contributed by atoms with van der Waals surface area (Å²) in [5.41, 5.74) is 5.43. The zero-order valence-electron chi connectivity index (χ0n) is 10.8. The molecule has 0 aromatic heterocycles. The molecular weight excluding hydrogens is 200 g/mol. The molecule has 0 aliphatic carbocycles. The molecule has 3 heteroatoms. The predicted octanol–water partition coefficient (Wildman–Crippen LogP) is 1.86. The fourth-order valence-electron chi connectivity index (χ4n) is 2.19. The zero-order valence-corrected chi connectivity index (χ0v) is 10.8. The molecule has 1 fully saturated rings. The molecule has 0 aromatic rings. The summed E-state index contributed by atoms with van der Waals surface area (Å²) in [6.45, 7) is 8.62. The minimum absolute atomic E-state index is 0.745. The average Bonchev–Trinajstić information content (AvgIpc) is 2.33. The van der Waals surface area contributed by atoms with Gasteiger partial charge in [0, 0.05) is 13.2 Å². The van der Waals surface area contributed by atoms with Gasteiger partial charge in [-0.1, -0.05) is 13.3 Å². The molecule has 2 N–H and O–H groups in total. The van der Waals surface area contributed by atoms with Crippen LogP contribution in [-0.2, 0) is 4.74 Å². The molecule has 1 saturated heterocycles. The second-order valence-electron chi connectivity index (χ2n) is 4.86. The van der Waals surface area contributed by atoms with Crippen LogP contribution < -0.4 is 5.73 Å². The van der Waals surface area contributed by atoms with Gasteiger partial charge in [-0.05, 0) is 57.8 Å². The van der Waals surface area contributed by atoms with Crippen molar-refractivity contribution in [3.05, 3.63) is 0 Å². The Labute approximate surface area is 100 Å². The van der Waals surface area contributed by atoms with Crippen molar-refractivity contribution in [1.82, 2.24) is 4.90 Å². The van der Waals surface area contributed by atoms with E-state index in [1.165, 1.54) is 45.3 Å². The fourth-order valence-corrected chi connectivity index (χ4v) is 2.19. The number of ether oxygens (including phenoxy) is 1. The summed E-state index contributed by atoms with van der Waals surface area (Å²) in [6, 6.07) is 0. The van der Waals surface area contributed by atoms with Crippen LogP contribution in [0.15, 0.2) is 0 Å². The smallest absolute Gasteiger partial charge is 0.0495 e. The van der Waals surface area contributed by atoms with Gasteiger partial charge in [0.25, 0.3) is 0 Å². The average molecular weight is 228 g/mol. The first-order chi connectivity index (χ1) is 7.86. The molecule has 3 nitrogen and oxygen atoms in total. The highest BCUT2D eigenvalue weighted by molar-refractivity contribution is 4.71. The lowest BCUT2D eigenvalue weighted by Gasteiger charge is -2.31. The van der Waals surface area contributed by atoms with Crippen molar-refractivity contribution in [2.24, 2.45) is 11.7 Å². The molecule has 16 heavy (non-hydrogen) atoms. The lowest BCUT2D eigenvalue weighted by atomic mass is 9.97. The van der Waals surface area contributed by atoms with E-state index in [2.05, 4.69) is 11.8 Å².